The molecule has 1 unspecified atom stereocenters. The van der Waals surface area contributed by atoms with Gasteiger partial charge in [0.2, 0.25) is 0 Å². The average molecular weight is 365 g/mol. The molecule has 8 heteroatoms. The lowest BCUT2D eigenvalue weighted by atomic mass is 10.1. The summed E-state index contributed by atoms with van der Waals surface area (Å²) >= 11 is 0. The Labute approximate surface area is 149 Å². The Bertz CT molecular complexity index is 511. The fourth-order valence-corrected chi connectivity index (χ4v) is 3.39. The highest BCUT2D eigenvalue weighted by molar-refractivity contribution is 5.85. The molecule has 1 aromatic heterocycles. The van der Waals surface area contributed by atoms with Gasteiger partial charge in [-0.1, -0.05) is 0 Å². The van der Waals surface area contributed by atoms with Gasteiger partial charge < -0.3 is 19.9 Å². The van der Waals surface area contributed by atoms with E-state index in [1.54, 1.807) is 0 Å². The molecule has 0 spiro atoms. The van der Waals surface area contributed by atoms with E-state index in [0.717, 1.165) is 44.6 Å². The highest BCUT2D eigenvalue weighted by atomic mass is 35.5. The van der Waals surface area contributed by atoms with Gasteiger partial charge in [0.25, 0.3) is 5.91 Å². The summed E-state index contributed by atoms with van der Waals surface area (Å²) in [7, 11) is 0. The van der Waals surface area contributed by atoms with Crippen LogP contribution in [0.1, 0.15) is 31.5 Å². The zero-order chi connectivity index (χ0) is 14.8. The fraction of sp³-hybridized carbons (Fsp3) is 0.733. The number of halogens is 2. The van der Waals surface area contributed by atoms with E-state index in [1.807, 2.05) is 24.2 Å². The van der Waals surface area contributed by atoms with Crippen LogP contribution >= 0.6 is 24.8 Å². The average Bonchev–Trinajstić information content (AvgIpc) is 3.20. The minimum absolute atomic E-state index is 0. The molecule has 3 rings (SSSR count). The van der Waals surface area contributed by atoms with Crippen LogP contribution in [0.25, 0.3) is 0 Å². The molecule has 0 saturated carbocycles. The second kappa shape index (κ2) is 8.87. The number of likely N-dealkylation sites (tertiary alicyclic amines) is 1. The van der Waals surface area contributed by atoms with Gasteiger partial charge in [-0.2, -0.15) is 0 Å². The van der Waals surface area contributed by atoms with Gasteiger partial charge >= 0.3 is 0 Å². The van der Waals surface area contributed by atoms with E-state index in [9.17, 15) is 4.79 Å². The topological polar surface area (TPSA) is 73.4 Å². The minimum Gasteiger partial charge on any atom is -0.364 e. The van der Waals surface area contributed by atoms with Gasteiger partial charge in [0.1, 0.15) is 11.9 Å². The number of hydrogen-bond donors (Lipinski definition) is 1. The van der Waals surface area contributed by atoms with Crippen LogP contribution in [0.2, 0.25) is 0 Å². The molecule has 1 aromatic rings. The second-order valence-electron chi connectivity index (χ2n) is 6.01. The molecule has 2 saturated heterocycles. The lowest BCUT2D eigenvalue weighted by Crippen LogP contribution is -2.44. The SMILES string of the molecule is Cc1nccn1CC1CCCN1C(=O)[C@@H]1CC[C@H](CN)O1.Cl.Cl. The second-order valence-corrected chi connectivity index (χ2v) is 6.01. The molecule has 0 aromatic carbocycles. The number of hydrogen-bond acceptors (Lipinski definition) is 4. The molecule has 132 valence electrons. The molecule has 0 aliphatic carbocycles. The minimum atomic E-state index is -0.289. The molecule has 0 bridgehead atoms. The lowest BCUT2D eigenvalue weighted by Gasteiger charge is -2.28. The monoisotopic (exact) mass is 364 g/mol. The van der Waals surface area contributed by atoms with Crippen LogP contribution in [0.4, 0.5) is 0 Å². The largest absolute Gasteiger partial charge is 0.364 e. The summed E-state index contributed by atoms with van der Waals surface area (Å²) in [6, 6.07) is 0.255. The number of rotatable bonds is 4. The quantitative estimate of drug-likeness (QED) is 0.878. The number of aromatic nitrogens is 2. The van der Waals surface area contributed by atoms with Crippen molar-refractivity contribution >= 4 is 30.7 Å². The van der Waals surface area contributed by atoms with Crippen LogP contribution in [0, 0.1) is 6.92 Å². The highest BCUT2D eigenvalue weighted by Gasteiger charge is 2.37. The van der Waals surface area contributed by atoms with Crippen molar-refractivity contribution in [2.45, 2.75) is 57.4 Å². The van der Waals surface area contributed by atoms with Gasteiger partial charge in [-0.3, -0.25) is 4.79 Å². The number of nitrogens with zero attached hydrogens (tertiary/aromatic N) is 3. The Hall–Kier alpha value is -0.820. The molecule has 6 nitrogen and oxygen atoms in total. The molecular formula is C15H26Cl2N4O2. The summed E-state index contributed by atoms with van der Waals surface area (Å²) in [4.78, 5) is 18.9. The molecule has 3 heterocycles. The number of carbonyl (C=O) groups is 1. The lowest BCUT2D eigenvalue weighted by molar-refractivity contribution is -0.143. The summed E-state index contributed by atoms with van der Waals surface area (Å²) in [6.45, 7) is 4.16. The molecule has 2 aliphatic rings. The maximum atomic E-state index is 12.7. The maximum Gasteiger partial charge on any atom is 0.252 e. The van der Waals surface area contributed by atoms with Crippen molar-refractivity contribution in [3.63, 3.8) is 0 Å². The van der Waals surface area contributed by atoms with Crippen LogP contribution in [-0.2, 0) is 16.1 Å². The van der Waals surface area contributed by atoms with Crippen molar-refractivity contribution in [1.29, 1.82) is 0 Å². The molecule has 2 aliphatic heterocycles. The predicted octanol–water partition coefficient (Wildman–Crippen LogP) is 1.53. The fourth-order valence-electron chi connectivity index (χ4n) is 3.39. The highest BCUT2D eigenvalue weighted by Crippen LogP contribution is 2.26. The van der Waals surface area contributed by atoms with Crippen LogP contribution in [-0.4, -0.2) is 51.7 Å². The van der Waals surface area contributed by atoms with Crippen molar-refractivity contribution in [1.82, 2.24) is 14.5 Å². The van der Waals surface area contributed by atoms with Gasteiger partial charge in [-0.25, -0.2) is 4.98 Å². The van der Waals surface area contributed by atoms with E-state index < -0.39 is 0 Å². The Kier molecular flexibility index (Phi) is 7.80. The van der Waals surface area contributed by atoms with Crippen molar-refractivity contribution in [2.24, 2.45) is 5.73 Å². The van der Waals surface area contributed by atoms with E-state index in [-0.39, 0.29) is 49.0 Å². The zero-order valence-corrected chi connectivity index (χ0v) is 15.0. The van der Waals surface area contributed by atoms with E-state index in [4.69, 9.17) is 10.5 Å². The van der Waals surface area contributed by atoms with Gasteiger partial charge in [-0.05, 0) is 32.6 Å². The summed E-state index contributed by atoms with van der Waals surface area (Å²) in [6.07, 6.45) is 7.36. The number of amides is 1. The van der Waals surface area contributed by atoms with Crippen molar-refractivity contribution in [3.8, 4) is 0 Å². The summed E-state index contributed by atoms with van der Waals surface area (Å²) in [5.74, 6) is 1.14. The number of aryl methyl sites for hydroxylation is 1. The van der Waals surface area contributed by atoms with Gasteiger partial charge in [0, 0.05) is 38.1 Å². The first-order valence-corrected chi connectivity index (χ1v) is 7.82. The third-order valence-electron chi connectivity index (χ3n) is 4.64. The summed E-state index contributed by atoms with van der Waals surface area (Å²) < 4.78 is 7.88. The van der Waals surface area contributed by atoms with Crippen LogP contribution < -0.4 is 5.73 Å². The van der Waals surface area contributed by atoms with Gasteiger partial charge in [-0.15, -0.1) is 24.8 Å². The van der Waals surface area contributed by atoms with Crippen LogP contribution in [0.15, 0.2) is 12.4 Å². The van der Waals surface area contributed by atoms with E-state index in [1.165, 1.54) is 0 Å². The molecule has 2 fully saturated rings. The number of imidazole rings is 1. The van der Waals surface area contributed by atoms with Gasteiger partial charge in [0.15, 0.2) is 0 Å². The molecule has 3 atom stereocenters. The van der Waals surface area contributed by atoms with E-state index >= 15 is 0 Å². The summed E-state index contributed by atoms with van der Waals surface area (Å²) in [5, 5.41) is 0. The first-order valence-electron chi connectivity index (χ1n) is 7.82. The molecular weight excluding hydrogens is 339 g/mol. The zero-order valence-electron chi connectivity index (χ0n) is 13.4. The van der Waals surface area contributed by atoms with Crippen LogP contribution in [0.5, 0.6) is 0 Å². The van der Waals surface area contributed by atoms with Crippen molar-refractivity contribution in [2.75, 3.05) is 13.1 Å². The van der Waals surface area contributed by atoms with E-state index in [0.29, 0.717) is 6.54 Å². The Morgan fingerprint density at radius 2 is 2.17 bits per heavy atom. The Morgan fingerprint density at radius 1 is 1.39 bits per heavy atom. The van der Waals surface area contributed by atoms with Crippen molar-refractivity contribution in [3.05, 3.63) is 18.2 Å². The normalized spacial score (nSPS) is 26.7. The van der Waals surface area contributed by atoms with Crippen LogP contribution in [0.3, 0.4) is 0 Å². The molecule has 2 N–H and O–H groups in total. The third kappa shape index (κ3) is 4.38. The number of carbonyl (C=O) groups excluding carboxylic acids is 1. The maximum absolute atomic E-state index is 12.7. The van der Waals surface area contributed by atoms with Crippen molar-refractivity contribution < 1.29 is 9.53 Å². The first-order chi connectivity index (χ1) is 10.2. The molecule has 1 amide bonds. The first kappa shape index (κ1) is 20.2. The molecule has 23 heavy (non-hydrogen) atoms. The smallest absolute Gasteiger partial charge is 0.252 e. The predicted molar refractivity (Wildman–Crippen MR) is 93.1 cm³/mol. The standard InChI is InChI=1S/C15H24N4O2.2ClH/c1-11-17-6-8-18(11)10-12-3-2-7-19(12)15(20)14-5-4-13(9-16)21-14;;/h6,8,12-14H,2-5,7,9-10,16H2,1H3;2*1H/t12?,13-,14+;;/m1../s1. The number of ether oxygens (including phenoxy) is 1. The number of nitrogens with two attached hydrogens (primary N) is 1. The molecule has 0 radical (unpaired) electrons. The summed E-state index contributed by atoms with van der Waals surface area (Å²) in [5.41, 5.74) is 5.62. The third-order valence-corrected chi connectivity index (χ3v) is 4.64. The van der Waals surface area contributed by atoms with E-state index in [2.05, 4.69) is 9.55 Å². The Morgan fingerprint density at radius 3 is 2.78 bits per heavy atom. The Balaban J connectivity index is 0.00000132. The van der Waals surface area contributed by atoms with Gasteiger partial charge in [0.05, 0.1) is 6.10 Å².